The van der Waals surface area contributed by atoms with Gasteiger partial charge in [-0.05, 0) is 12.5 Å². The molecule has 2 aromatic carbocycles. The molecule has 0 spiro atoms. The second kappa shape index (κ2) is 4.55. The molecule has 3 aromatic rings. The lowest BCUT2D eigenvalue weighted by Gasteiger charge is -2.13. The minimum Gasteiger partial charge on any atom is -0.289 e. The highest BCUT2D eigenvalue weighted by Crippen LogP contribution is 2.38. The molecule has 0 bridgehead atoms. The standard InChI is InChI=1S/C18H16N2O/c1-2-3-11-20-15-10-6-9-14-16(15)17(19-20)12-7-4-5-8-13(12)18(14)21/h4-10H,2-3,11H2,1H3. The largest absolute Gasteiger partial charge is 0.289 e. The van der Waals surface area contributed by atoms with Gasteiger partial charge in [-0.25, -0.2) is 0 Å². The van der Waals surface area contributed by atoms with Crippen molar-refractivity contribution in [1.29, 1.82) is 0 Å². The van der Waals surface area contributed by atoms with E-state index < -0.39 is 0 Å². The van der Waals surface area contributed by atoms with Crippen molar-refractivity contribution in [1.82, 2.24) is 9.78 Å². The Morgan fingerprint density at radius 1 is 1.00 bits per heavy atom. The number of unbranched alkanes of at least 4 members (excludes halogenated alkanes) is 1. The second-order valence-corrected chi connectivity index (χ2v) is 5.50. The molecular formula is C18H16N2O. The Labute approximate surface area is 123 Å². The van der Waals surface area contributed by atoms with Crippen LogP contribution in [0.4, 0.5) is 0 Å². The highest BCUT2D eigenvalue weighted by molar-refractivity contribution is 6.24. The van der Waals surface area contributed by atoms with Crippen molar-refractivity contribution < 1.29 is 4.79 Å². The molecule has 3 heteroatoms. The van der Waals surface area contributed by atoms with E-state index >= 15 is 0 Å². The topological polar surface area (TPSA) is 34.9 Å². The minimum atomic E-state index is 0.110. The summed E-state index contributed by atoms with van der Waals surface area (Å²) in [6.07, 6.45) is 2.22. The fourth-order valence-corrected chi connectivity index (χ4v) is 3.12. The Morgan fingerprint density at radius 2 is 1.76 bits per heavy atom. The lowest BCUT2D eigenvalue weighted by atomic mass is 9.87. The molecule has 0 fully saturated rings. The molecule has 3 nitrogen and oxygen atoms in total. The molecule has 0 N–H and O–H groups in total. The SMILES string of the molecule is CCCCn1nc2c3c(cccc31)C(=O)c1ccccc1-2. The van der Waals surface area contributed by atoms with Crippen LogP contribution >= 0.6 is 0 Å². The quantitative estimate of drug-likeness (QED) is 0.566. The molecule has 1 aromatic heterocycles. The molecule has 21 heavy (non-hydrogen) atoms. The zero-order valence-electron chi connectivity index (χ0n) is 12.0. The molecule has 0 saturated heterocycles. The van der Waals surface area contributed by atoms with E-state index in [9.17, 15) is 4.79 Å². The number of carbonyl (C=O) groups excluding carboxylic acids is 1. The first-order chi connectivity index (χ1) is 10.3. The Kier molecular flexibility index (Phi) is 2.67. The van der Waals surface area contributed by atoms with E-state index in [-0.39, 0.29) is 5.78 Å². The molecule has 0 atom stereocenters. The highest BCUT2D eigenvalue weighted by atomic mass is 16.1. The molecule has 1 aliphatic rings. The number of ketones is 1. The van der Waals surface area contributed by atoms with Gasteiger partial charge in [0.2, 0.25) is 0 Å². The molecule has 0 radical (unpaired) electrons. The van der Waals surface area contributed by atoms with Gasteiger partial charge < -0.3 is 0 Å². The van der Waals surface area contributed by atoms with Crippen LogP contribution in [0, 0.1) is 0 Å². The first-order valence-electron chi connectivity index (χ1n) is 7.45. The van der Waals surface area contributed by atoms with Crippen LogP contribution in [0.15, 0.2) is 42.5 Å². The van der Waals surface area contributed by atoms with Crippen LogP contribution in [0.3, 0.4) is 0 Å². The third-order valence-electron chi connectivity index (χ3n) is 4.17. The van der Waals surface area contributed by atoms with Crippen LogP contribution in [0.5, 0.6) is 0 Å². The number of rotatable bonds is 3. The summed E-state index contributed by atoms with van der Waals surface area (Å²) in [5.41, 5.74) is 4.52. The number of fused-ring (bicyclic) bond motifs is 2. The van der Waals surface area contributed by atoms with Crippen molar-refractivity contribution in [2.45, 2.75) is 26.3 Å². The zero-order chi connectivity index (χ0) is 14.4. The summed E-state index contributed by atoms with van der Waals surface area (Å²) in [7, 11) is 0. The Hall–Kier alpha value is -2.42. The average Bonchev–Trinajstić information content (AvgIpc) is 2.90. The number of nitrogens with zero attached hydrogens (tertiary/aromatic N) is 2. The molecule has 1 heterocycles. The maximum Gasteiger partial charge on any atom is 0.194 e. The van der Waals surface area contributed by atoms with Crippen molar-refractivity contribution >= 4 is 16.7 Å². The molecule has 0 aliphatic heterocycles. The normalized spacial score (nSPS) is 12.7. The van der Waals surface area contributed by atoms with E-state index in [2.05, 4.69) is 13.0 Å². The fourth-order valence-electron chi connectivity index (χ4n) is 3.12. The van der Waals surface area contributed by atoms with Gasteiger partial charge in [0.05, 0.1) is 5.52 Å². The Balaban J connectivity index is 2.06. The summed E-state index contributed by atoms with van der Waals surface area (Å²) in [6.45, 7) is 3.07. The van der Waals surface area contributed by atoms with E-state index in [0.29, 0.717) is 0 Å². The van der Waals surface area contributed by atoms with E-state index in [4.69, 9.17) is 5.10 Å². The lowest BCUT2D eigenvalue weighted by Crippen LogP contribution is -2.08. The van der Waals surface area contributed by atoms with Gasteiger partial charge >= 0.3 is 0 Å². The van der Waals surface area contributed by atoms with Gasteiger partial charge in [0.25, 0.3) is 0 Å². The molecular weight excluding hydrogens is 260 g/mol. The molecule has 0 unspecified atom stereocenters. The molecule has 0 amide bonds. The van der Waals surface area contributed by atoms with E-state index in [0.717, 1.165) is 52.7 Å². The molecule has 4 rings (SSSR count). The van der Waals surface area contributed by atoms with Crippen LogP contribution < -0.4 is 0 Å². The third-order valence-corrected chi connectivity index (χ3v) is 4.17. The number of carbonyl (C=O) groups is 1. The van der Waals surface area contributed by atoms with E-state index in [1.165, 1.54) is 0 Å². The van der Waals surface area contributed by atoms with E-state index in [1.54, 1.807) is 0 Å². The number of aryl methyl sites for hydroxylation is 1. The van der Waals surface area contributed by atoms with Gasteiger partial charge in [-0.1, -0.05) is 49.7 Å². The van der Waals surface area contributed by atoms with Crippen molar-refractivity contribution in [3.8, 4) is 11.3 Å². The van der Waals surface area contributed by atoms with E-state index in [1.807, 2.05) is 41.1 Å². The summed E-state index contributed by atoms with van der Waals surface area (Å²) < 4.78 is 2.05. The lowest BCUT2D eigenvalue weighted by molar-refractivity contribution is 0.104. The maximum atomic E-state index is 12.7. The Morgan fingerprint density at radius 3 is 2.57 bits per heavy atom. The summed E-state index contributed by atoms with van der Waals surface area (Å²) in [6, 6.07) is 13.7. The van der Waals surface area contributed by atoms with Crippen LogP contribution in [-0.2, 0) is 6.54 Å². The summed E-state index contributed by atoms with van der Waals surface area (Å²) in [5.74, 6) is 0.110. The van der Waals surface area contributed by atoms with Crippen LogP contribution in [0.25, 0.3) is 22.2 Å². The number of hydrogen-bond acceptors (Lipinski definition) is 2. The number of aromatic nitrogens is 2. The maximum absolute atomic E-state index is 12.7. The van der Waals surface area contributed by atoms with Gasteiger partial charge in [-0.2, -0.15) is 5.10 Å². The first-order valence-corrected chi connectivity index (χ1v) is 7.45. The predicted molar refractivity (Wildman–Crippen MR) is 83.5 cm³/mol. The molecule has 0 saturated carbocycles. The van der Waals surface area contributed by atoms with Gasteiger partial charge in [0.1, 0.15) is 5.69 Å². The minimum absolute atomic E-state index is 0.110. The Bertz CT molecular complexity index is 861. The summed E-state index contributed by atoms with van der Waals surface area (Å²) in [5, 5.41) is 5.81. The van der Waals surface area contributed by atoms with Crippen LogP contribution in [0.2, 0.25) is 0 Å². The van der Waals surface area contributed by atoms with Crippen molar-refractivity contribution in [2.24, 2.45) is 0 Å². The van der Waals surface area contributed by atoms with Crippen molar-refractivity contribution in [3.63, 3.8) is 0 Å². The van der Waals surface area contributed by atoms with Crippen molar-refractivity contribution in [3.05, 3.63) is 53.6 Å². The zero-order valence-corrected chi connectivity index (χ0v) is 12.0. The van der Waals surface area contributed by atoms with Gasteiger partial charge in [0.15, 0.2) is 5.78 Å². The average molecular weight is 276 g/mol. The number of hydrogen-bond donors (Lipinski definition) is 0. The summed E-state index contributed by atoms with van der Waals surface area (Å²) >= 11 is 0. The van der Waals surface area contributed by atoms with Crippen LogP contribution in [-0.4, -0.2) is 15.6 Å². The third kappa shape index (κ3) is 1.67. The van der Waals surface area contributed by atoms with Gasteiger partial charge in [-0.15, -0.1) is 0 Å². The highest BCUT2D eigenvalue weighted by Gasteiger charge is 2.27. The molecule has 1 aliphatic carbocycles. The predicted octanol–water partition coefficient (Wildman–Crippen LogP) is 4.05. The van der Waals surface area contributed by atoms with Gasteiger partial charge in [0, 0.05) is 28.6 Å². The molecule has 104 valence electrons. The van der Waals surface area contributed by atoms with Crippen molar-refractivity contribution in [2.75, 3.05) is 0 Å². The smallest absolute Gasteiger partial charge is 0.194 e. The van der Waals surface area contributed by atoms with Crippen LogP contribution in [0.1, 0.15) is 35.7 Å². The fraction of sp³-hybridized carbons (Fsp3) is 0.222. The number of benzene rings is 2. The van der Waals surface area contributed by atoms with Gasteiger partial charge in [-0.3, -0.25) is 9.48 Å². The first kappa shape index (κ1) is 12.3. The monoisotopic (exact) mass is 276 g/mol. The second-order valence-electron chi connectivity index (χ2n) is 5.50. The summed E-state index contributed by atoms with van der Waals surface area (Å²) in [4.78, 5) is 12.7.